The van der Waals surface area contributed by atoms with E-state index in [0.717, 1.165) is 37.9 Å². The molecular weight excluding hydrogens is 481 g/mol. The Bertz CT molecular complexity index is 1110. The minimum Gasteiger partial charge on any atom is -0.315 e. The molecule has 0 fully saturated rings. The van der Waals surface area contributed by atoms with E-state index in [1.165, 1.54) is 0 Å². The van der Waals surface area contributed by atoms with Crippen LogP contribution >= 0.6 is 22.6 Å². The fraction of sp³-hybridized carbons (Fsp3) is 0. The molecule has 0 aliphatic carbocycles. The molecule has 146 valence electrons. The predicted octanol–water partition coefficient (Wildman–Crippen LogP) is 7.33. The van der Waals surface area contributed by atoms with Gasteiger partial charge in [0.25, 0.3) is 0 Å². The van der Waals surface area contributed by atoms with E-state index >= 15 is 0 Å². The molecule has 30 heavy (non-hydrogen) atoms. The smallest absolute Gasteiger partial charge is 0.150 e. The summed E-state index contributed by atoms with van der Waals surface area (Å²) in [7, 11) is 0. The number of nitrogens with zero attached hydrogens (tertiary/aromatic N) is 1. The monoisotopic (exact) mass is 501 g/mol. The van der Waals surface area contributed by atoms with Crippen LogP contribution in [0.5, 0.6) is 0 Å². The van der Waals surface area contributed by atoms with Crippen molar-refractivity contribution in [2.75, 3.05) is 4.90 Å². The molecule has 0 bridgehead atoms. The summed E-state index contributed by atoms with van der Waals surface area (Å²) in [4.78, 5) is 13.3. The minimum absolute atomic E-state index is 0.664. The van der Waals surface area contributed by atoms with E-state index in [1.54, 1.807) is 0 Å². The van der Waals surface area contributed by atoms with Crippen molar-refractivity contribution in [3.63, 3.8) is 0 Å². The molecule has 0 heterocycles. The first kappa shape index (κ1) is 20.1. The number of halogens is 1. The van der Waals surface area contributed by atoms with Crippen LogP contribution in [0.4, 0.5) is 11.4 Å². The van der Waals surface area contributed by atoms with Crippen molar-refractivity contribution in [1.82, 2.24) is 0 Å². The molecule has 0 unspecified atom stereocenters. The lowest BCUT2D eigenvalue weighted by molar-refractivity contribution is 0.112. The average molecular weight is 501 g/mol. The van der Waals surface area contributed by atoms with Crippen molar-refractivity contribution < 1.29 is 4.79 Å². The zero-order chi connectivity index (χ0) is 20.8. The Morgan fingerprint density at radius 3 is 1.73 bits per heavy atom. The first-order valence-corrected chi connectivity index (χ1v) is 10.8. The van der Waals surface area contributed by atoms with Crippen LogP contribution in [0.15, 0.2) is 115 Å². The molecule has 0 N–H and O–H groups in total. The highest BCUT2D eigenvalue weighted by atomic mass is 127. The second-order valence-corrected chi connectivity index (χ2v) is 7.97. The van der Waals surface area contributed by atoms with Gasteiger partial charge in [-0.1, -0.05) is 72.8 Å². The summed E-state index contributed by atoms with van der Waals surface area (Å²) >= 11 is 2.37. The van der Waals surface area contributed by atoms with E-state index in [-0.39, 0.29) is 0 Å². The maximum absolute atomic E-state index is 11.1. The van der Waals surface area contributed by atoms with E-state index in [9.17, 15) is 4.79 Å². The molecule has 0 spiro atoms. The third kappa shape index (κ3) is 4.52. The molecule has 3 heteroatoms. The van der Waals surface area contributed by atoms with Gasteiger partial charge in [-0.3, -0.25) is 4.79 Å². The van der Waals surface area contributed by atoms with E-state index < -0.39 is 0 Å². The number of anilines is 2. The third-order valence-corrected chi connectivity index (χ3v) is 5.76. The fourth-order valence-corrected chi connectivity index (χ4v) is 3.97. The van der Waals surface area contributed by atoms with Crippen LogP contribution in [0.25, 0.3) is 5.57 Å². The van der Waals surface area contributed by atoms with Gasteiger partial charge in [0.05, 0.1) is 5.69 Å². The van der Waals surface area contributed by atoms with Crippen molar-refractivity contribution in [3.05, 3.63) is 136 Å². The van der Waals surface area contributed by atoms with Crippen LogP contribution in [0, 0.1) is 3.57 Å². The lowest BCUT2D eigenvalue weighted by Gasteiger charge is -2.24. The van der Waals surface area contributed by atoms with Crippen LogP contribution < -0.4 is 4.90 Å². The van der Waals surface area contributed by atoms with Crippen LogP contribution in [0.3, 0.4) is 0 Å². The van der Waals surface area contributed by atoms with Gasteiger partial charge in [0, 0.05) is 26.6 Å². The van der Waals surface area contributed by atoms with Crippen molar-refractivity contribution in [2.24, 2.45) is 0 Å². The molecule has 0 atom stereocenters. The number of carbonyl (C=O) groups excluding carboxylic acids is 1. The Hall–Kier alpha value is -3.18. The summed E-state index contributed by atoms with van der Waals surface area (Å²) < 4.78 is 1.14. The van der Waals surface area contributed by atoms with Crippen molar-refractivity contribution >= 4 is 45.8 Å². The van der Waals surface area contributed by atoms with Crippen LogP contribution in [0.1, 0.15) is 21.5 Å². The Balaban J connectivity index is 1.92. The summed E-state index contributed by atoms with van der Waals surface area (Å²) in [6, 6.07) is 36.8. The normalized spacial score (nSPS) is 10.3. The number of para-hydroxylation sites is 1. The number of carbonyl (C=O) groups is 1. The molecule has 0 saturated heterocycles. The van der Waals surface area contributed by atoms with Crippen molar-refractivity contribution in [3.8, 4) is 0 Å². The van der Waals surface area contributed by atoms with Crippen LogP contribution in [-0.4, -0.2) is 6.29 Å². The van der Waals surface area contributed by atoms with Gasteiger partial charge >= 0.3 is 0 Å². The molecule has 0 aromatic heterocycles. The van der Waals surface area contributed by atoms with Crippen LogP contribution in [-0.2, 0) is 0 Å². The average Bonchev–Trinajstić information content (AvgIpc) is 2.82. The topological polar surface area (TPSA) is 20.3 Å². The summed E-state index contributed by atoms with van der Waals surface area (Å²) in [6.45, 7) is 0. The van der Waals surface area contributed by atoms with Crippen LogP contribution in [0.2, 0.25) is 0 Å². The Morgan fingerprint density at radius 2 is 1.20 bits per heavy atom. The van der Waals surface area contributed by atoms with Gasteiger partial charge in [0.15, 0.2) is 0 Å². The summed E-state index contributed by atoms with van der Waals surface area (Å²) in [6.07, 6.45) is 3.05. The number of aldehydes is 1. The van der Waals surface area contributed by atoms with Gasteiger partial charge in [-0.2, -0.15) is 0 Å². The quantitative estimate of drug-likeness (QED) is 0.204. The van der Waals surface area contributed by atoms with Gasteiger partial charge in [-0.25, -0.2) is 0 Å². The summed E-state index contributed by atoms with van der Waals surface area (Å²) in [5, 5.41) is 0. The number of hydrogen-bond donors (Lipinski definition) is 0. The SMILES string of the molecule is O=Cc1ccc(N(C=C(c2ccccc2)c2ccccc2)c2ccccc2I)cc1. The van der Waals surface area contributed by atoms with Gasteiger partial charge in [-0.05, 0) is 70.1 Å². The van der Waals surface area contributed by atoms with E-state index in [0.29, 0.717) is 5.56 Å². The first-order valence-electron chi connectivity index (χ1n) is 9.68. The molecule has 0 aliphatic rings. The lowest BCUT2D eigenvalue weighted by atomic mass is 9.98. The molecule has 4 rings (SSSR count). The number of benzene rings is 4. The molecule has 0 aliphatic heterocycles. The van der Waals surface area contributed by atoms with Gasteiger partial charge in [-0.15, -0.1) is 0 Å². The fourth-order valence-electron chi connectivity index (χ4n) is 3.32. The molecule has 0 saturated carbocycles. The maximum atomic E-state index is 11.1. The number of hydrogen-bond acceptors (Lipinski definition) is 2. The van der Waals surface area contributed by atoms with E-state index in [1.807, 2.05) is 48.5 Å². The van der Waals surface area contributed by atoms with E-state index in [2.05, 4.69) is 94.4 Å². The molecule has 2 nitrogen and oxygen atoms in total. The number of rotatable bonds is 6. The molecular formula is C27H20INO. The molecule has 0 amide bonds. The molecule has 0 radical (unpaired) electrons. The van der Waals surface area contributed by atoms with Gasteiger partial charge < -0.3 is 4.90 Å². The zero-order valence-electron chi connectivity index (χ0n) is 16.3. The van der Waals surface area contributed by atoms with Gasteiger partial charge in [0.2, 0.25) is 0 Å². The van der Waals surface area contributed by atoms with Crippen molar-refractivity contribution in [2.45, 2.75) is 0 Å². The highest BCUT2D eigenvalue weighted by molar-refractivity contribution is 14.1. The Kier molecular flexibility index (Phi) is 6.40. The lowest BCUT2D eigenvalue weighted by Crippen LogP contribution is -2.11. The predicted molar refractivity (Wildman–Crippen MR) is 133 cm³/mol. The molecule has 4 aromatic rings. The van der Waals surface area contributed by atoms with Gasteiger partial charge in [0.1, 0.15) is 6.29 Å². The Labute approximate surface area is 190 Å². The maximum Gasteiger partial charge on any atom is 0.150 e. The Morgan fingerprint density at radius 1 is 0.667 bits per heavy atom. The molecule has 4 aromatic carbocycles. The van der Waals surface area contributed by atoms with Crippen molar-refractivity contribution in [1.29, 1.82) is 0 Å². The zero-order valence-corrected chi connectivity index (χ0v) is 18.4. The highest BCUT2D eigenvalue weighted by Crippen LogP contribution is 2.33. The third-order valence-electron chi connectivity index (χ3n) is 4.85. The first-order chi connectivity index (χ1) is 14.8. The summed E-state index contributed by atoms with van der Waals surface area (Å²) in [5.74, 6) is 0. The standard InChI is InChI=1S/C27H20INO/c28-26-13-7-8-14-27(26)29(24-17-15-21(20-30)16-18-24)19-25(22-9-3-1-4-10-22)23-11-5-2-6-12-23/h1-20H. The second kappa shape index (κ2) is 9.55. The summed E-state index contributed by atoms with van der Waals surface area (Å²) in [5.41, 5.74) is 6.15. The largest absolute Gasteiger partial charge is 0.315 e. The highest BCUT2D eigenvalue weighted by Gasteiger charge is 2.14. The minimum atomic E-state index is 0.664. The second-order valence-electron chi connectivity index (χ2n) is 6.81. The van der Waals surface area contributed by atoms with E-state index in [4.69, 9.17) is 0 Å².